The molecule has 1 saturated heterocycles. The van der Waals surface area contributed by atoms with Crippen molar-refractivity contribution in [3.8, 4) is 6.07 Å². The van der Waals surface area contributed by atoms with E-state index in [1.54, 1.807) is 4.68 Å². The van der Waals surface area contributed by atoms with Crippen LogP contribution in [0.5, 0.6) is 0 Å². The highest BCUT2D eigenvalue weighted by molar-refractivity contribution is 7.91. The maximum atomic E-state index is 11.6. The van der Waals surface area contributed by atoms with Crippen LogP contribution in [0, 0.1) is 22.7 Å². The summed E-state index contributed by atoms with van der Waals surface area (Å²) in [5, 5.41) is 13.5. The molecule has 0 aromatic carbocycles. The van der Waals surface area contributed by atoms with E-state index in [0.717, 1.165) is 6.54 Å². The van der Waals surface area contributed by atoms with Crippen molar-refractivity contribution >= 4 is 9.84 Å². The molecule has 1 fully saturated rings. The molecule has 1 aromatic rings. The predicted molar refractivity (Wildman–Crippen MR) is 69.9 cm³/mol. The summed E-state index contributed by atoms with van der Waals surface area (Å²) >= 11 is 0. The maximum Gasteiger partial charge on any atom is 0.151 e. The van der Waals surface area contributed by atoms with E-state index >= 15 is 0 Å². The number of aromatic nitrogens is 3. The monoisotopic (exact) mass is 282 g/mol. The molecule has 1 atom stereocenters. The second-order valence-corrected chi connectivity index (χ2v) is 7.85. The minimum atomic E-state index is -3.09. The minimum absolute atomic E-state index is 0.0644. The van der Waals surface area contributed by atoms with Crippen molar-refractivity contribution < 1.29 is 8.42 Å². The van der Waals surface area contributed by atoms with Crippen molar-refractivity contribution in [1.29, 1.82) is 5.26 Å². The van der Waals surface area contributed by atoms with E-state index < -0.39 is 15.3 Å². The fourth-order valence-electron chi connectivity index (χ4n) is 2.41. The first kappa shape index (κ1) is 14.0. The molecule has 19 heavy (non-hydrogen) atoms. The van der Waals surface area contributed by atoms with Gasteiger partial charge in [-0.1, -0.05) is 13.8 Å². The van der Waals surface area contributed by atoms with Gasteiger partial charge in [0.25, 0.3) is 0 Å². The van der Waals surface area contributed by atoms with Crippen LogP contribution < -0.4 is 0 Å². The first-order valence-corrected chi connectivity index (χ1v) is 8.16. The molecule has 6 nitrogen and oxygen atoms in total. The van der Waals surface area contributed by atoms with Crippen LogP contribution in [0.1, 0.15) is 26.1 Å². The summed E-state index contributed by atoms with van der Waals surface area (Å²) in [7, 11) is -3.09. The van der Waals surface area contributed by atoms with Gasteiger partial charge in [-0.15, -0.1) is 0 Å². The van der Waals surface area contributed by atoms with Crippen LogP contribution in [0.3, 0.4) is 0 Å². The zero-order chi connectivity index (χ0) is 14.1. The van der Waals surface area contributed by atoms with Gasteiger partial charge in [-0.3, -0.25) is 0 Å². The maximum absolute atomic E-state index is 11.6. The van der Waals surface area contributed by atoms with Gasteiger partial charge in [0.15, 0.2) is 9.84 Å². The molecule has 1 aliphatic heterocycles. The fourth-order valence-corrected chi connectivity index (χ4v) is 4.41. The molecular weight excluding hydrogens is 264 g/mol. The molecule has 0 bridgehead atoms. The highest BCUT2D eigenvalue weighted by atomic mass is 32.2. The van der Waals surface area contributed by atoms with Crippen molar-refractivity contribution in [2.24, 2.45) is 11.3 Å². The fraction of sp³-hybridized carbons (Fsp3) is 0.750. The van der Waals surface area contributed by atoms with Crippen LogP contribution in [0.4, 0.5) is 0 Å². The summed E-state index contributed by atoms with van der Waals surface area (Å²) in [6, 6.07) is 2.19. The molecule has 0 spiro atoms. The van der Waals surface area contributed by atoms with Gasteiger partial charge in [0.1, 0.15) is 12.2 Å². The van der Waals surface area contributed by atoms with E-state index in [4.69, 9.17) is 0 Å². The third-order valence-corrected chi connectivity index (χ3v) is 5.17. The Morgan fingerprint density at radius 3 is 2.84 bits per heavy atom. The summed E-state index contributed by atoms with van der Waals surface area (Å²) in [6.45, 7) is 4.88. The van der Waals surface area contributed by atoms with Crippen LogP contribution in [0.25, 0.3) is 0 Å². The van der Waals surface area contributed by atoms with Gasteiger partial charge in [-0.25, -0.2) is 18.1 Å². The number of hydrogen-bond donors (Lipinski definition) is 0. The number of hydrogen-bond acceptors (Lipinski definition) is 5. The van der Waals surface area contributed by atoms with Crippen LogP contribution in [0.2, 0.25) is 0 Å². The molecule has 0 radical (unpaired) electrons. The van der Waals surface area contributed by atoms with Crippen molar-refractivity contribution in [3.05, 3.63) is 12.2 Å². The second kappa shape index (κ2) is 4.93. The minimum Gasteiger partial charge on any atom is -0.250 e. The van der Waals surface area contributed by atoms with E-state index in [1.807, 2.05) is 0 Å². The third-order valence-electron chi connectivity index (χ3n) is 3.36. The molecule has 104 valence electrons. The summed E-state index contributed by atoms with van der Waals surface area (Å²) in [5.74, 6) is 1.15. The molecule has 0 saturated carbocycles. The molecule has 1 aromatic heterocycles. The van der Waals surface area contributed by atoms with Gasteiger partial charge in [0, 0.05) is 13.0 Å². The number of nitriles is 1. The Morgan fingerprint density at radius 1 is 1.58 bits per heavy atom. The quantitative estimate of drug-likeness (QED) is 0.815. The summed E-state index contributed by atoms with van der Waals surface area (Å²) in [5.41, 5.74) is -0.833. The molecule has 2 rings (SSSR count). The van der Waals surface area contributed by atoms with E-state index in [-0.39, 0.29) is 11.5 Å². The average Bonchev–Trinajstić information content (AvgIpc) is 2.84. The van der Waals surface area contributed by atoms with Gasteiger partial charge >= 0.3 is 0 Å². The SMILES string of the molecule is CC(C)Cn1ncnc1CC1(C#N)CCS(=O)(=O)C1. The lowest BCUT2D eigenvalue weighted by Crippen LogP contribution is -2.26. The molecule has 1 aliphatic rings. The average molecular weight is 282 g/mol. The molecule has 0 aliphatic carbocycles. The molecule has 1 unspecified atom stereocenters. The summed E-state index contributed by atoms with van der Waals surface area (Å²) in [6.07, 6.45) is 2.21. The van der Waals surface area contributed by atoms with Crippen molar-refractivity contribution in [2.75, 3.05) is 11.5 Å². The van der Waals surface area contributed by atoms with E-state index in [2.05, 4.69) is 30.0 Å². The Hall–Kier alpha value is -1.42. The molecular formula is C12H18N4O2S. The van der Waals surface area contributed by atoms with Crippen LogP contribution >= 0.6 is 0 Å². The van der Waals surface area contributed by atoms with Crippen molar-refractivity contribution in [3.63, 3.8) is 0 Å². The number of nitrogens with zero attached hydrogens (tertiary/aromatic N) is 4. The summed E-state index contributed by atoms with van der Waals surface area (Å²) < 4.78 is 25.0. The lowest BCUT2D eigenvalue weighted by atomic mass is 9.85. The van der Waals surface area contributed by atoms with Crippen LogP contribution in [-0.2, 0) is 22.8 Å². The zero-order valence-electron chi connectivity index (χ0n) is 11.2. The molecule has 0 amide bonds. The first-order chi connectivity index (χ1) is 8.86. The van der Waals surface area contributed by atoms with Crippen molar-refractivity contribution in [1.82, 2.24) is 14.8 Å². The number of rotatable bonds is 4. The van der Waals surface area contributed by atoms with Gasteiger partial charge in [-0.2, -0.15) is 10.4 Å². The van der Waals surface area contributed by atoms with E-state index in [1.165, 1.54) is 6.33 Å². The Kier molecular flexibility index (Phi) is 3.63. The lowest BCUT2D eigenvalue weighted by molar-refractivity contribution is 0.402. The Labute approximate surface area is 113 Å². The van der Waals surface area contributed by atoms with Gasteiger partial charge in [0.05, 0.1) is 23.0 Å². The Balaban J connectivity index is 2.21. The zero-order valence-corrected chi connectivity index (χ0v) is 12.0. The molecule has 2 heterocycles. The second-order valence-electron chi connectivity index (χ2n) is 5.66. The van der Waals surface area contributed by atoms with Crippen molar-refractivity contribution in [2.45, 2.75) is 33.2 Å². The van der Waals surface area contributed by atoms with Gasteiger partial charge in [0.2, 0.25) is 0 Å². The largest absolute Gasteiger partial charge is 0.250 e. The third kappa shape index (κ3) is 3.13. The predicted octanol–water partition coefficient (Wildman–Crippen LogP) is 0.805. The number of sulfone groups is 1. The standard InChI is InChI=1S/C12H18N4O2S/c1-10(2)6-16-11(14-9-15-16)5-12(7-13)3-4-19(17,18)8-12/h9-10H,3-6,8H2,1-2H3. The van der Waals surface area contributed by atoms with Gasteiger partial charge in [-0.05, 0) is 12.3 Å². The normalized spacial score (nSPS) is 25.6. The van der Waals surface area contributed by atoms with E-state index in [0.29, 0.717) is 24.6 Å². The topological polar surface area (TPSA) is 88.6 Å². The highest BCUT2D eigenvalue weighted by Gasteiger charge is 2.43. The molecule has 7 heteroatoms. The molecule has 0 N–H and O–H groups in total. The summed E-state index contributed by atoms with van der Waals surface area (Å²) in [4.78, 5) is 4.18. The van der Waals surface area contributed by atoms with E-state index in [9.17, 15) is 13.7 Å². The lowest BCUT2D eigenvalue weighted by Gasteiger charge is -2.18. The Bertz CT molecular complexity index is 599. The van der Waals surface area contributed by atoms with Crippen LogP contribution in [0.15, 0.2) is 6.33 Å². The highest BCUT2D eigenvalue weighted by Crippen LogP contribution is 2.34. The first-order valence-electron chi connectivity index (χ1n) is 6.34. The smallest absolute Gasteiger partial charge is 0.151 e. The van der Waals surface area contributed by atoms with Gasteiger partial charge < -0.3 is 0 Å². The van der Waals surface area contributed by atoms with Crippen LogP contribution in [-0.4, -0.2) is 34.7 Å². The Morgan fingerprint density at radius 2 is 2.32 bits per heavy atom.